The number of aromatic nitrogens is 1. The van der Waals surface area contributed by atoms with Crippen LogP contribution in [0, 0.1) is 0 Å². The minimum atomic E-state index is -0.266. The summed E-state index contributed by atoms with van der Waals surface area (Å²) in [5.41, 5.74) is 1.81. The van der Waals surface area contributed by atoms with Crippen LogP contribution in [0.5, 0.6) is 0 Å². The Balaban J connectivity index is 1.81. The Morgan fingerprint density at radius 1 is 0.889 bits per heavy atom. The van der Waals surface area contributed by atoms with Crippen molar-refractivity contribution in [1.29, 1.82) is 0 Å². The molecule has 0 aliphatic rings. The average Bonchev–Trinajstić information content (AvgIpc) is 2.68. The molecule has 0 radical (unpaired) electrons. The number of pyridine rings is 1. The van der Waals surface area contributed by atoms with Gasteiger partial charge in [0.2, 0.25) is 5.91 Å². The molecule has 0 aliphatic carbocycles. The number of anilines is 1. The minimum Gasteiger partial charge on any atom is -0.331 e. The van der Waals surface area contributed by atoms with Gasteiger partial charge in [-0.25, -0.2) is 0 Å². The van der Waals surface area contributed by atoms with Crippen LogP contribution in [-0.4, -0.2) is 10.5 Å². The molecule has 0 aliphatic heterocycles. The van der Waals surface area contributed by atoms with Gasteiger partial charge in [-0.3, -0.25) is 9.59 Å². The van der Waals surface area contributed by atoms with Crippen LogP contribution in [0.2, 0.25) is 10.0 Å². The number of amides is 1. The van der Waals surface area contributed by atoms with E-state index in [1.54, 1.807) is 30.3 Å². The van der Waals surface area contributed by atoms with Crippen molar-refractivity contribution < 1.29 is 4.79 Å². The lowest BCUT2D eigenvalue weighted by Crippen LogP contribution is -2.21. The highest BCUT2D eigenvalue weighted by atomic mass is 35.5. The second-order valence-electron chi connectivity index (χ2n) is 6.12. The van der Waals surface area contributed by atoms with Gasteiger partial charge in [0.15, 0.2) is 5.43 Å². The molecule has 3 aromatic carbocycles. The fraction of sp³-hybridized carbons (Fsp3) is 0.0476. The lowest BCUT2D eigenvalue weighted by atomic mass is 10.1. The fourth-order valence-electron chi connectivity index (χ4n) is 3.17. The van der Waals surface area contributed by atoms with Gasteiger partial charge in [0, 0.05) is 15.8 Å². The number of nitrogens with one attached hydrogen (secondary N) is 1. The van der Waals surface area contributed by atoms with E-state index in [2.05, 4.69) is 5.32 Å². The molecule has 1 heterocycles. The predicted octanol–water partition coefficient (Wildman–Crippen LogP) is 5.10. The Morgan fingerprint density at radius 2 is 1.48 bits per heavy atom. The van der Waals surface area contributed by atoms with E-state index in [0.29, 0.717) is 37.5 Å². The normalized spacial score (nSPS) is 11.0. The number of halogens is 2. The molecule has 0 bridgehead atoms. The summed E-state index contributed by atoms with van der Waals surface area (Å²) in [5.74, 6) is -0.266. The highest BCUT2D eigenvalue weighted by Crippen LogP contribution is 2.26. The first-order valence-corrected chi connectivity index (χ1v) is 9.05. The Kier molecular flexibility index (Phi) is 4.60. The Bertz CT molecular complexity index is 1190. The van der Waals surface area contributed by atoms with Gasteiger partial charge in [-0.2, -0.15) is 0 Å². The molecule has 0 spiro atoms. The van der Waals surface area contributed by atoms with Gasteiger partial charge in [-0.15, -0.1) is 0 Å². The quantitative estimate of drug-likeness (QED) is 0.489. The van der Waals surface area contributed by atoms with Crippen molar-refractivity contribution in [2.75, 3.05) is 5.32 Å². The van der Waals surface area contributed by atoms with Crippen molar-refractivity contribution >= 4 is 56.6 Å². The van der Waals surface area contributed by atoms with Crippen LogP contribution < -0.4 is 10.7 Å². The SMILES string of the molecule is O=C(Cn1c2ccccc2c(=O)c2ccccc21)Nc1cc(Cl)ccc1Cl. The molecule has 0 unspecified atom stereocenters. The maximum Gasteiger partial charge on any atom is 0.244 e. The number of carbonyl (C=O) groups excluding carboxylic acids is 1. The number of fused-ring (bicyclic) bond motifs is 2. The molecule has 1 N–H and O–H groups in total. The van der Waals surface area contributed by atoms with Crippen LogP contribution in [0.25, 0.3) is 21.8 Å². The van der Waals surface area contributed by atoms with E-state index >= 15 is 0 Å². The van der Waals surface area contributed by atoms with E-state index < -0.39 is 0 Å². The number of rotatable bonds is 3. The van der Waals surface area contributed by atoms with Crippen molar-refractivity contribution in [2.24, 2.45) is 0 Å². The van der Waals surface area contributed by atoms with Gasteiger partial charge < -0.3 is 9.88 Å². The van der Waals surface area contributed by atoms with Gasteiger partial charge in [0.05, 0.1) is 21.7 Å². The summed E-state index contributed by atoms with van der Waals surface area (Å²) in [5, 5.41) is 4.82. The molecule has 0 saturated carbocycles. The van der Waals surface area contributed by atoms with Crippen LogP contribution in [-0.2, 0) is 11.3 Å². The number of nitrogens with zero attached hydrogens (tertiary/aromatic N) is 1. The number of carbonyl (C=O) groups is 1. The zero-order chi connectivity index (χ0) is 19.0. The lowest BCUT2D eigenvalue weighted by Gasteiger charge is -2.15. The third kappa shape index (κ3) is 3.29. The summed E-state index contributed by atoms with van der Waals surface area (Å²) in [6.45, 7) is 0.0319. The van der Waals surface area contributed by atoms with Crippen LogP contribution in [0.3, 0.4) is 0 Å². The van der Waals surface area contributed by atoms with Crippen molar-refractivity contribution in [2.45, 2.75) is 6.54 Å². The fourth-order valence-corrected chi connectivity index (χ4v) is 3.51. The van der Waals surface area contributed by atoms with Crippen molar-refractivity contribution in [3.8, 4) is 0 Å². The van der Waals surface area contributed by atoms with Crippen LogP contribution in [0.1, 0.15) is 0 Å². The molecule has 4 nitrogen and oxygen atoms in total. The number of benzene rings is 3. The van der Waals surface area contributed by atoms with Crippen molar-refractivity contribution in [1.82, 2.24) is 4.57 Å². The topological polar surface area (TPSA) is 51.1 Å². The molecule has 0 fully saturated rings. The minimum absolute atomic E-state index is 0.0319. The molecule has 1 amide bonds. The maximum atomic E-state index is 12.8. The molecule has 0 atom stereocenters. The van der Waals surface area contributed by atoms with Gasteiger partial charge >= 0.3 is 0 Å². The molecule has 0 saturated heterocycles. The summed E-state index contributed by atoms with van der Waals surface area (Å²) < 4.78 is 1.83. The van der Waals surface area contributed by atoms with E-state index in [-0.39, 0.29) is 17.9 Å². The standard InChI is InChI=1S/C21H14Cl2N2O2/c22-13-9-10-16(23)17(11-13)24-20(26)12-25-18-7-3-1-5-14(18)21(27)15-6-2-4-8-19(15)25/h1-11H,12H2,(H,24,26). The van der Waals surface area contributed by atoms with E-state index in [1.807, 2.05) is 41.0 Å². The zero-order valence-electron chi connectivity index (χ0n) is 14.1. The Hall–Kier alpha value is -2.82. The Labute approximate surface area is 164 Å². The van der Waals surface area contributed by atoms with Gasteiger partial charge in [0.25, 0.3) is 0 Å². The molecule has 4 rings (SSSR count). The highest BCUT2D eigenvalue weighted by Gasteiger charge is 2.13. The monoisotopic (exact) mass is 396 g/mol. The summed E-state index contributed by atoms with van der Waals surface area (Å²) in [6.07, 6.45) is 0. The summed E-state index contributed by atoms with van der Waals surface area (Å²) in [6, 6.07) is 19.4. The van der Waals surface area contributed by atoms with E-state index in [4.69, 9.17) is 23.2 Å². The molecule has 6 heteroatoms. The number of para-hydroxylation sites is 2. The van der Waals surface area contributed by atoms with E-state index in [9.17, 15) is 9.59 Å². The highest BCUT2D eigenvalue weighted by molar-refractivity contribution is 6.35. The first kappa shape index (κ1) is 17.6. The van der Waals surface area contributed by atoms with Crippen LogP contribution >= 0.6 is 23.2 Å². The average molecular weight is 397 g/mol. The Morgan fingerprint density at radius 3 is 2.11 bits per heavy atom. The van der Waals surface area contributed by atoms with Gasteiger partial charge in [-0.05, 0) is 42.5 Å². The summed E-state index contributed by atoms with van der Waals surface area (Å²) >= 11 is 12.1. The smallest absolute Gasteiger partial charge is 0.244 e. The van der Waals surface area contributed by atoms with Gasteiger partial charge in [0.1, 0.15) is 6.54 Å². The molecular formula is C21H14Cl2N2O2. The van der Waals surface area contributed by atoms with Crippen molar-refractivity contribution in [3.05, 3.63) is 87.0 Å². The molecule has 27 heavy (non-hydrogen) atoms. The summed E-state index contributed by atoms with van der Waals surface area (Å²) in [7, 11) is 0. The third-order valence-electron chi connectivity index (χ3n) is 4.38. The van der Waals surface area contributed by atoms with Crippen LogP contribution in [0.15, 0.2) is 71.5 Å². The van der Waals surface area contributed by atoms with E-state index in [1.165, 1.54) is 0 Å². The van der Waals surface area contributed by atoms with Gasteiger partial charge in [-0.1, -0.05) is 47.5 Å². The molecule has 1 aromatic heterocycles. The first-order valence-electron chi connectivity index (χ1n) is 8.30. The largest absolute Gasteiger partial charge is 0.331 e. The first-order chi connectivity index (χ1) is 13.0. The van der Waals surface area contributed by atoms with E-state index in [0.717, 1.165) is 0 Å². The second-order valence-corrected chi connectivity index (χ2v) is 6.97. The van der Waals surface area contributed by atoms with Crippen LogP contribution in [0.4, 0.5) is 5.69 Å². The second kappa shape index (κ2) is 7.06. The summed E-state index contributed by atoms with van der Waals surface area (Å²) in [4.78, 5) is 25.5. The molecule has 4 aromatic rings. The lowest BCUT2D eigenvalue weighted by molar-refractivity contribution is -0.116. The molecular weight excluding hydrogens is 383 g/mol. The predicted molar refractivity (Wildman–Crippen MR) is 111 cm³/mol. The maximum absolute atomic E-state index is 12.8. The van der Waals surface area contributed by atoms with Crippen molar-refractivity contribution in [3.63, 3.8) is 0 Å². The zero-order valence-corrected chi connectivity index (χ0v) is 15.6. The molecule has 134 valence electrons. The number of hydrogen-bond acceptors (Lipinski definition) is 2. The number of hydrogen-bond donors (Lipinski definition) is 1. The third-order valence-corrected chi connectivity index (χ3v) is 4.95.